The van der Waals surface area contributed by atoms with E-state index in [4.69, 9.17) is 9.41 Å². The summed E-state index contributed by atoms with van der Waals surface area (Å²) < 4.78 is 5.37. The molecule has 0 fully saturated rings. The Kier molecular flexibility index (Phi) is 6.09. The molecule has 4 nitrogen and oxygen atoms in total. The molecular weight excluding hydrogens is 338 g/mol. The first-order chi connectivity index (χ1) is 11.8. The van der Waals surface area contributed by atoms with Crippen molar-refractivity contribution in [3.05, 3.63) is 68.4 Å². The summed E-state index contributed by atoms with van der Waals surface area (Å²) in [5.41, 5.74) is 0. The highest BCUT2D eigenvalue weighted by atomic mass is 32.1. The quantitative estimate of drug-likeness (QED) is 0.491. The van der Waals surface area contributed by atoms with Crippen LogP contribution in [-0.2, 0) is 19.5 Å². The Balaban J connectivity index is 1.56. The molecule has 0 spiro atoms. The van der Waals surface area contributed by atoms with E-state index in [0.29, 0.717) is 6.54 Å². The maximum Gasteiger partial charge on any atom is 0.191 e. The van der Waals surface area contributed by atoms with Crippen LogP contribution < -0.4 is 10.6 Å². The first kappa shape index (κ1) is 16.8. The van der Waals surface area contributed by atoms with Crippen LogP contribution in [0.5, 0.6) is 0 Å². The Morgan fingerprint density at radius 3 is 2.79 bits per heavy atom. The third-order valence-corrected chi connectivity index (χ3v) is 5.30. The van der Waals surface area contributed by atoms with Crippen molar-refractivity contribution in [2.24, 2.45) is 4.99 Å². The largest absolute Gasteiger partial charge is 0.469 e. The molecule has 6 heteroatoms. The third kappa shape index (κ3) is 5.25. The lowest BCUT2D eigenvalue weighted by Gasteiger charge is -2.11. The van der Waals surface area contributed by atoms with Gasteiger partial charge < -0.3 is 15.1 Å². The fraction of sp³-hybridized carbons (Fsp3) is 0.278. The second kappa shape index (κ2) is 8.70. The van der Waals surface area contributed by atoms with Gasteiger partial charge in [0.15, 0.2) is 5.96 Å². The van der Waals surface area contributed by atoms with Gasteiger partial charge >= 0.3 is 0 Å². The van der Waals surface area contributed by atoms with Gasteiger partial charge in [-0.2, -0.15) is 0 Å². The van der Waals surface area contributed by atoms with Gasteiger partial charge in [0.2, 0.25) is 0 Å². The number of furan rings is 1. The molecule has 0 aliphatic heterocycles. The number of hydrogen-bond acceptors (Lipinski definition) is 4. The maximum atomic E-state index is 5.37. The molecule has 0 aliphatic rings. The number of rotatable bonds is 7. The molecule has 3 rings (SSSR count). The van der Waals surface area contributed by atoms with Crippen LogP contribution in [0, 0.1) is 6.92 Å². The van der Waals surface area contributed by atoms with Crippen LogP contribution in [0.1, 0.15) is 20.4 Å². The lowest BCUT2D eigenvalue weighted by molar-refractivity contribution is 0.506. The lowest BCUT2D eigenvalue weighted by Crippen LogP contribution is -2.37. The molecule has 0 saturated carbocycles. The van der Waals surface area contributed by atoms with Gasteiger partial charge in [0.25, 0.3) is 0 Å². The number of aliphatic imine (C=N–C) groups is 1. The normalized spacial score (nSPS) is 11.6. The average Bonchev–Trinajstić information content (AvgIpc) is 3.32. The van der Waals surface area contributed by atoms with Crippen molar-refractivity contribution in [3.8, 4) is 0 Å². The topological polar surface area (TPSA) is 49.6 Å². The molecule has 0 saturated heterocycles. The van der Waals surface area contributed by atoms with E-state index >= 15 is 0 Å². The van der Waals surface area contributed by atoms with Crippen LogP contribution in [-0.4, -0.2) is 12.5 Å². The Bertz CT molecular complexity index is 745. The minimum absolute atomic E-state index is 0.693. The monoisotopic (exact) mass is 359 g/mol. The molecule has 24 heavy (non-hydrogen) atoms. The average molecular weight is 360 g/mol. The van der Waals surface area contributed by atoms with Crippen molar-refractivity contribution in [2.75, 3.05) is 6.54 Å². The molecule has 0 aromatic carbocycles. The Hall–Kier alpha value is -2.05. The zero-order valence-corrected chi connectivity index (χ0v) is 15.3. The van der Waals surface area contributed by atoms with E-state index in [1.807, 2.05) is 12.1 Å². The SMILES string of the molecule is Cc1ccc(CN=C(NCCc2ccco2)NCc2cccs2)s1. The fourth-order valence-corrected chi connectivity index (χ4v) is 3.70. The Morgan fingerprint density at radius 2 is 2.08 bits per heavy atom. The Labute approximate surface area is 150 Å². The van der Waals surface area contributed by atoms with E-state index in [9.17, 15) is 0 Å². The molecular formula is C18H21N3OS2. The van der Waals surface area contributed by atoms with E-state index in [0.717, 1.165) is 31.2 Å². The van der Waals surface area contributed by atoms with E-state index < -0.39 is 0 Å². The number of nitrogens with zero attached hydrogens (tertiary/aromatic N) is 1. The Morgan fingerprint density at radius 1 is 1.12 bits per heavy atom. The third-order valence-electron chi connectivity index (χ3n) is 3.44. The summed E-state index contributed by atoms with van der Waals surface area (Å²) >= 11 is 3.54. The van der Waals surface area contributed by atoms with Crippen molar-refractivity contribution < 1.29 is 4.42 Å². The molecule has 2 N–H and O–H groups in total. The molecule has 126 valence electrons. The summed E-state index contributed by atoms with van der Waals surface area (Å²) in [6, 6.07) is 12.4. The van der Waals surface area contributed by atoms with Gasteiger partial charge in [-0.05, 0) is 42.6 Å². The van der Waals surface area contributed by atoms with Gasteiger partial charge in [-0.3, -0.25) is 0 Å². The molecule has 0 bridgehead atoms. The first-order valence-corrected chi connectivity index (χ1v) is 9.61. The van der Waals surface area contributed by atoms with Crippen LogP contribution >= 0.6 is 22.7 Å². The van der Waals surface area contributed by atoms with Gasteiger partial charge in [0.1, 0.15) is 5.76 Å². The van der Waals surface area contributed by atoms with Gasteiger partial charge in [-0.25, -0.2) is 4.99 Å². The number of nitrogens with one attached hydrogen (secondary N) is 2. The molecule has 0 amide bonds. The summed E-state index contributed by atoms with van der Waals surface area (Å²) in [5, 5.41) is 8.88. The van der Waals surface area contributed by atoms with Crippen molar-refractivity contribution in [1.29, 1.82) is 0 Å². The minimum Gasteiger partial charge on any atom is -0.469 e. The lowest BCUT2D eigenvalue weighted by atomic mass is 10.3. The van der Waals surface area contributed by atoms with Gasteiger partial charge in [-0.15, -0.1) is 22.7 Å². The second-order valence-electron chi connectivity index (χ2n) is 5.37. The minimum atomic E-state index is 0.693. The van der Waals surface area contributed by atoms with Crippen LogP contribution in [0.2, 0.25) is 0 Å². The van der Waals surface area contributed by atoms with E-state index in [1.165, 1.54) is 14.6 Å². The number of hydrogen-bond donors (Lipinski definition) is 2. The smallest absolute Gasteiger partial charge is 0.191 e. The summed E-state index contributed by atoms with van der Waals surface area (Å²) in [7, 11) is 0. The maximum absolute atomic E-state index is 5.37. The van der Waals surface area contributed by atoms with Crippen LogP contribution in [0.3, 0.4) is 0 Å². The van der Waals surface area contributed by atoms with E-state index in [-0.39, 0.29) is 0 Å². The zero-order valence-electron chi connectivity index (χ0n) is 13.6. The van der Waals surface area contributed by atoms with Crippen molar-refractivity contribution in [1.82, 2.24) is 10.6 Å². The molecule has 3 heterocycles. The summed E-state index contributed by atoms with van der Waals surface area (Å²) in [6.45, 7) is 4.38. The molecule has 0 radical (unpaired) electrons. The van der Waals surface area contributed by atoms with Crippen LogP contribution in [0.15, 0.2) is 57.5 Å². The highest BCUT2D eigenvalue weighted by Crippen LogP contribution is 2.15. The number of guanidine groups is 1. The summed E-state index contributed by atoms with van der Waals surface area (Å²) in [4.78, 5) is 8.59. The molecule has 0 aliphatic carbocycles. The van der Waals surface area contributed by atoms with Crippen molar-refractivity contribution >= 4 is 28.6 Å². The summed E-state index contributed by atoms with van der Waals surface area (Å²) in [5.74, 6) is 1.81. The molecule has 3 aromatic rings. The van der Waals surface area contributed by atoms with Gasteiger partial charge in [0.05, 0.1) is 19.4 Å². The second-order valence-corrected chi connectivity index (χ2v) is 7.77. The number of thiophene rings is 2. The van der Waals surface area contributed by atoms with Crippen LogP contribution in [0.25, 0.3) is 0 Å². The summed E-state index contributed by atoms with van der Waals surface area (Å²) in [6.07, 6.45) is 2.54. The van der Waals surface area contributed by atoms with E-state index in [1.54, 1.807) is 28.9 Å². The van der Waals surface area contributed by atoms with Gasteiger partial charge in [-0.1, -0.05) is 6.07 Å². The molecule has 0 atom stereocenters. The van der Waals surface area contributed by atoms with Gasteiger partial charge in [0, 0.05) is 27.6 Å². The molecule has 0 unspecified atom stereocenters. The van der Waals surface area contributed by atoms with Crippen molar-refractivity contribution in [3.63, 3.8) is 0 Å². The highest BCUT2D eigenvalue weighted by Gasteiger charge is 2.03. The predicted octanol–water partition coefficient (Wildman–Crippen LogP) is 4.19. The molecule has 3 aromatic heterocycles. The predicted molar refractivity (Wildman–Crippen MR) is 102 cm³/mol. The highest BCUT2D eigenvalue weighted by molar-refractivity contribution is 7.11. The van der Waals surface area contributed by atoms with Crippen LogP contribution in [0.4, 0.5) is 0 Å². The van der Waals surface area contributed by atoms with Crippen molar-refractivity contribution in [2.45, 2.75) is 26.4 Å². The fourth-order valence-electron chi connectivity index (χ4n) is 2.24. The van der Waals surface area contributed by atoms with E-state index in [2.05, 4.69) is 47.2 Å². The number of aryl methyl sites for hydroxylation is 1. The standard InChI is InChI=1S/C18H21N3OS2/c1-14-6-7-17(24-14)13-21-18(20-12-16-5-3-11-23-16)19-9-8-15-4-2-10-22-15/h2-7,10-11H,8-9,12-13H2,1H3,(H2,19,20,21). The first-order valence-electron chi connectivity index (χ1n) is 7.92. The zero-order chi connectivity index (χ0) is 16.6.